The number of aliphatic hydroxyl groups is 2. The van der Waals surface area contributed by atoms with Crippen molar-refractivity contribution >= 4 is 5.91 Å². The van der Waals surface area contributed by atoms with Gasteiger partial charge >= 0.3 is 0 Å². The molecule has 0 radical (unpaired) electrons. The smallest absolute Gasteiger partial charge is 0.220 e. The van der Waals surface area contributed by atoms with Gasteiger partial charge in [0.2, 0.25) is 5.91 Å². The van der Waals surface area contributed by atoms with Crippen LogP contribution in [0.2, 0.25) is 0 Å². The highest BCUT2D eigenvalue weighted by Crippen LogP contribution is 2.16. The largest absolute Gasteiger partial charge is 0.394 e. The second kappa shape index (κ2) is 52.4. The molecule has 356 valence electrons. The number of hydrogen-bond acceptors (Lipinski definition) is 3. The number of carbonyl (C=O) groups excluding carboxylic acids is 1. The highest BCUT2D eigenvalue weighted by atomic mass is 16.3. The lowest BCUT2D eigenvalue weighted by Gasteiger charge is -2.19. The fraction of sp³-hybridized carbons (Fsp3) is 0.807. The zero-order chi connectivity index (χ0) is 44.2. The maximum absolute atomic E-state index is 12.4. The Bertz CT molecular complexity index is 1010. The maximum atomic E-state index is 12.4. The zero-order valence-electron chi connectivity index (χ0n) is 40.9. The molecule has 3 N–H and O–H groups in total. The van der Waals surface area contributed by atoms with Crippen LogP contribution in [0, 0.1) is 0 Å². The number of allylic oxidation sites excluding steroid dienone is 9. The first-order chi connectivity index (χ1) is 30.2. The molecule has 0 fully saturated rings. The molecule has 0 spiro atoms. The van der Waals surface area contributed by atoms with E-state index in [1.54, 1.807) is 6.08 Å². The van der Waals surface area contributed by atoms with E-state index < -0.39 is 12.1 Å². The number of unbranched alkanes of at least 4 members (excludes halogenated alkanes) is 34. The van der Waals surface area contributed by atoms with Crippen molar-refractivity contribution in [3.63, 3.8) is 0 Å². The molecule has 0 aliphatic heterocycles. The van der Waals surface area contributed by atoms with Gasteiger partial charge in [-0.1, -0.05) is 261 Å². The summed E-state index contributed by atoms with van der Waals surface area (Å²) in [6, 6.07) is -0.638. The molecule has 2 unspecified atom stereocenters. The summed E-state index contributed by atoms with van der Waals surface area (Å²) in [4.78, 5) is 12.4. The summed E-state index contributed by atoms with van der Waals surface area (Å²) in [6.45, 7) is 4.29. The van der Waals surface area contributed by atoms with E-state index in [0.29, 0.717) is 6.42 Å². The van der Waals surface area contributed by atoms with Crippen LogP contribution in [0.3, 0.4) is 0 Å². The normalized spacial score (nSPS) is 13.3. The van der Waals surface area contributed by atoms with Gasteiger partial charge in [0, 0.05) is 6.42 Å². The van der Waals surface area contributed by atoms with Crippen molar-refractivity contribution in [2.75, 3.05) is 6.61 Å². The van der Waals surface area contributed by atoms with E-state index in [4.69, 9.17) is 0 Å². The molecule has 0 aliphatic carbocycles. The fourth-order valence-corrected chi connectivity index (χ4v) is 8.09. The number of rotatable bonds is 49. The van der Waals surface area contributed by atoms with E-state index in [1.165, 1.54) is 212 Å². The summed E-state index contributed by atoms with van der Waals surface area (Å²) in [7, 11) is 0. The number of nitrogens with one attached hydrogen (secondary N) is 1. The summed E-state index contributed by atoms with van der Waals surface area (Å²) >= 11 is 0. The van der Waals surface area contributed by atoms with E-state index in [9.17, 15) is 15.0 Å². The molecule has 0 aliphatic rings. The zero-order valence-corrected chi connectivity index (χ0v) is 40.9. The molecular weight excluding hydrogens is 747 g/mol. The van der Waals surface area contributed by atoms with Gasteiger partial charge in [-0.15, -0.1) is 0 Å². The Morgan fingerprint density at radius 3 is 1.07 bits per heavy atom. The van der Waals surface area contributed by atoms with Crippen LogP contribution in [0.15, 0.2) is 60.8 Å². The van der Waals surface area contributed by atoms with Crippen LogP contribution in [0.1, 0.15) is 277 Å². The second-order valence-electron chi connectivity index (χ2n) is 18.3. The lowest BCUT2D eigenvalue weighted by atomic mass is 10.0. The maximum Gasteiger partial charge on any atom is 0.220 e. The van der Waals surface area contributed by atoms with Gasteiger partial charge in [-0.3, -0.25) is 4.79 Å². The molecule has 0 heterocycles. The van der Waals surface area contributed by atoms with Crippen LogP contribution in [0.5, 0.6) is 0 Å². The first kappa shape index (κ1) is 59.1. The van der Waals surface area contributed by atoms with Crippen molar-refractivity contribution in [2.45, 2.75) is 289 Å². The first-order valence-electron chi connectivity index (χ1n) is 27.0. The predicted octanol–water partition coefficient (Wildman–Crippen LogP) is 17.6. The van der Waals surface area contributed by atoms with Crippen LogP contribution >= 0.6 is 0 Å². The lowest BCUT2D eigenvalue weighted by molar-refractivity contribution is -0.123. The Hall–Kier alpha value is -1.91. The molecule has 4 heteroatoms. The molecule has 0 saturated carbocycles. The van der Waals surface area contributed by atoms with Crippen molar-refractivity contribution in [3.05, 3.63) is 60.8 Å². The van der Waals surface area contributed by atoms with Crippen LogP contribution in [-0.4, -0.2) is 34.9 Å². The standard InChI is InChI=1S/C57H105NO3/c1-3-5-7-9-11-13-15-17-19-20-21-22-23-24-25-26-27-28-29-30-31-32-33-34-35-36-37-38-39-41-43-45-47-49-51-53-57(61)58-55(54-59)56(60)52-50-48-46-44-42-40-18-16-14-12-10-8-6-4-2/h15,17,20-21,23-24,42,44,50,52,55-56,59-60H,3-14,16,18-19,22,25-41,43,45-49,51,53-54H2,1-2H3,(H,58,61)/b17-15-,21-20-,24-23-,44-42+,52-50+. The summed E-state index contributed by atoms with van der Waals surface area (Å²) in [5.41, 5.74) is 0. The minimum Gasteiger partial charge on any atom is -0.394 e. The Labute approximate surface area is 381 Å². The van der Waals surface area contributed by atoms with Crippen molar-refractivity contribution in [2.24, 2.45) is 0 Å². The van der Waals surface area contributed by atoms with Gasteiger partial charge in [0.05, 0.1) is 18.8 Å². The first-order valence-corrected chi connectivity index (χ1v) is 27.0. The Morgan fingerprint density at radius 1 is 0.393 bits per heavy atom. The molecule has 0 aromatic heterocycles. The number of aliphatic hydroxyl groups excluding tert-OH is 2. The molecule has 4 nitrogen and oxygen atoms in total. The topological polar surface area (TPSA) is 69.6 Å². The lowest BCUT2D eigenvalue weighted by Crippen LogP contribution is -2.45. The predicted molar refractivity (Wildman–Crippen MR) is 271 cm³/mol. The van der Waals surface area contributed by atoms with Gasteiger partial charge in [0.1, 0.15) is 0 Å². The van der Waals surface area contributed by atoms with Crippen molar-refractivity contribution in [1.82, 2.24) is 5.32 Å². The number of carbonyl (C=O) groups is 1. The van der Waals surface area contributed by atoms with Crippen LogP contribution < -0.4 is 5.32 Å². The average molecular weight is 852 g/mol. The van der Waals surface area contributed by atoms with Crippen LogP contribution in [0.4, 0.5) is 0 Å². The monoisotopic (exact) mass is 852 g/mol. The van der Waals surface area contributed by atoms with E-state index in [-0.39, 0.29) is 12.5 Å². The molecule has 0 bridgehead atoms. The van der Waals surface area contributed by atoms with Gasteiger partial charge in [0.25, 0.3) is 0 Å². The van der Waals surface area contributed by atoms with Crippen LogP contribution in [-0.2, 0) is 4.79 Å². The van der Waals surface area contributed by atoms with Crippen molar-refractivity contribution in [3.8, 4) is 0 Å². The molecular formula is C57H105NO3. The molecule has 2 atom stereocenters. The van der Waals surface area contributed by atoms with Gasteiger partial charge in [-0.05, 0) is 70.6 Å². The van der Waals surface area contributed by atoms with Gasteiger partial charge in [-0.25, -0.2) is 0 Å². The van der Waals surface area contributed by atoms with E-state index in [1.807, 2.05) is 6.08 Å². The molecule has 61 heavy (non-hydrogen) atoms. The van der Waals surface area contributed by atoms with Crippen molar-refractivity contribution < 1.29 is 15.0 Å². The Morgan fingerprint density at radius 2 is 0.689 bits per heavy atom. The molecule has 0 saturated heterocycles. The van der Waals surface area contributed by atoms with Gasteiger partial charge in [-0.2, -0.15) is 0 Å². The second-order valence-corrected chi connectivity index (χ2v) is 18.3. The van der Waals surface area contributed by atoms with E-state index >= 15 is 0 Å². The van der Waals surface area contributed by atoms with E-state index in [0.717, 1.165) is 44.9 Å². The minimum atomic E-state index is -0.861. The molecule has 0 aromatic rings. The highest BCUT2D eigenvalue weighted by Gasteiger charge is 2.17. The summed E-state index contributed by atoms with van der Waals surface area (Å²) in [5.74, 6) is -0.0722. The third-order valence-electron chi connectivity index (χ3n) is 12.2. The number of hydrogen-bond donors (Lipinski definition) is 3. The Balaban J connectivity index is 3.46. The third kappa shape index (κ3) is 49.0. The van der Waals surface area contributed by atoms with E-state index in [2.05, 4.69) is 67.8 Å². The average Bonchev–Trinajstić information content (AvgIpc) is 3.26. The summed E-state index contributed by atoms with van der Waals surface area (Å²) in [5, 5.41) is 23.0. The fourth-order valence-electron chi connectivity index (χ4n) is 8.09. The third-order valence-corrected chi connectivity index (χ3v) is 12.2. The molecule has 0 aromatic carbocycles. The summed E-state index contributed by atoms with van der Waals surface area (Å²) < 4.78 is 0. The minimum absolute atomic E-state index is 0.0722. The Kier molecular flexibility index (Phi) is 50.8. The highest BCUT2D eigenvalue weighted by molar-refractivity contribution is 5.76. The van der Waals surface area contributed by atoms with Crippen LogP contribution in [0.25, 0.3) is 0 Å². The summed E-state index contributed by atoms with van der Waals surface area (Å²) in [6.07, 6.45) is 73.8. The SMILES string of the molecule is CCCCCCC/C=C\C/C=C\C/C=C\CCCCCCCCCCCCCCCCCCCCCCC(=O)NC(CO)C(O)/C=C/CC/C=C/CCCCCCCCCC. The quantitative estimate of drug-likeness (QED) is 0.0422. The molecule has 1 amide bonds. The van der Waals surface area contributed by atoms with Gasteiger partial charge < -0.3 is 15.5 Å². The number of amides is 1. The van der Waals surface area contributed by atoms with Gasteiger partial charge in [0.15, 0.2) is 0 Å². The van der Waals surface area contributed by atoms with Crippen molar-refractivity contribution in [1.29, 1.82) is 0 Å². The molecule has 0 rings (SSSR count).